The molecule has 2 atom stereocenters. The third-order valence-electron chi connectivity index (χ3n) is 13.3. The minimum Gasteiger partial charge on any atom is -0.790 e. The average molecular weight is 1460 g/mol. The maximum atomic E-state index is 16.4. The molecule has 0 saturated carbocycles. The van der Waals surface area contributed by atoms with Crippen molar-refractivity contribution in [2.24, 2.45) is 0 Å². The van der Waals surface area contributed by atoms with E-state index < -0.39 is 62.8 Å². The Labute approximate surface area is 572 Å². The molecule has 0 radical (unpaired) electrons. The first-order valence-corrected chi connectivity index (χ1v) is 30.9. The monoisotopic (exact) mass is 1450 g/mol. The van der Waals surface area contributed by atoms with Crippen LogP contribution >= 0.6 is 15.6 Å². The summed E-state index contributed by atoms with van der Waals surface area (Å²) in [7, 11) is -9.46. The Morgan fingerprint density at radius 2 is 1.01 bits per heavy atom. The Balaban J connectivity index is 0.000000320. The van der Waals surface area contributed by atoms with E-state index in [4.69, 9.17) is 23.0 Å². The Kier molecular flexibility index (Phi) is 28.4. The number of phosphoric acid groups is 2. The second-order valence-electron chi connectivity index (χ2n) is 20.4. The molecule has 10 rings (SSSR count). The zero-order chi connectivity index (χ0) is 61.8. The van der Waals surface area contributed by atoms with E-state index in [0.717, 1.165) is 24.0 Å². The van der Waals surface area contributed by atoms with Gasteiger partial charge in [0.2, 0.25) is 11.9 Å². The molecule has 0 spiro atoms. The number of nitrogens with one attached hydrogen (secondary N) is 6. The number of rotatable bonds is 20. The van der Waals surface area contributed by atoms with Crippen LogP contribution in [0.15, 0.2) is 97.6 Å². The molecule has 2 aliphatic rings. The number of hydrogen-bond donors (Lipinski definition) is 6. The summed E-state index contributed by atoms with van der Waals surface area (Å²) in [5, 5.41) is 10.5. The number of amides is 4. The van der Waals surface area contributed by atoms with Gasteiger partial charge in [-0.05, 0) is 90.5 Å². The summed E-state index contributed by atoms with van der Waals surface area (Å²) < 4.78 is 91.1. The topological polar surface area (TPSA) is 327 Å². The maximum absolute atomic E-state index is 16.4. The van der Waals surface area contributed by atoms with Crippen molar-refractivity contribution in [2.45, 2.75) is 118 Å². The SMILES string of the molecule is CC.CCNC(=O)Nc1nc2c([C@H]3CCCO3)c(F)c(-c3cnc(C(C)(C)OP(=O)(OCc4ccccc4)OCc4ccccc4)nc3)cc2[nH]1.CCNC(=O)Nc1nc2c([C@H]3CCCO3)c(F)c(-c3cnc(C(C)(C)OP(=O)([O-])[O-])nc3)cc2[nH]1.[Na+].[Na+].[W]. The summed E-state index contributed by atoms with van der Waals surface area (Å²) in [6, 6.07) is 20.8. The van der Waals surface area contributed by atoms with Gasteiger partial charge in [-0.25, -0.2) is 52.8 Å². The van der Waals surface area contributed by atoms with Gasteiger partial charge in [-0.15, -0.1) is 0 Å². The van der Waals surface area contributed by atoms with Gasteiger partial charge in [0.15, 0.2) is 11.6 Å². The van der Waals surface area contributed by atoms with Crippen molar-refractivity contribution in [1.29, 1.82) is 0 Å². The fraction of sp³-hybridized carbons (Fsp3) is 0.379. The van der Waals surface area contributed by atoms with Crippen molar-refractivity contribution in [2.75, 3.05) is 36.9 Å². The van der Waals surface area contributed by atoms with Crippen molar-refractivity contribution in [3.8, 4) is 22.3 Å². The quantitative estimate of drug-likeness (QED) is 0.0421. The van der Waals surface area contributed by atoms with E-state index in [0.29, 0.717) is 77.9 Å². The molecular weight excluding hydrogens is 1390 g/mol. The van der Waals surface area contributed by atoms with E-state index in [1.165, 1.54) is 44.7 Å². The summed E-state index contributed by atoms with van der Waals surface area (Å²) >= 11 is 0. The largest absolute Gasteiger partial charge is 1.00 e. The third-order valence-corrected chi connectivity index (χ3v) is 15.5. The number of ether oxygens (including phenoxy) is 2. The van der Waals surface area contributed by atoms with Gasteiger partial charge in [0.25, 0.3) is 0 Å². The molecule has 2 saturated heterocycles. The standard InChI is InChI=1S/C35H38FN6O6P.C21H26FN6O6P.C2H6.2Na.W/c1-4-37-34(43)42-33-40-27-18-26(30(36)29(31(27)41-33)28-16-11-17-45-28)25-19-38-32(39-20-25)35(2,3)48-49(44,46-21-23-12-7-5-8-13-23)47-22-24-14-9-6-10-15-24;1-4-23-20(29)28-19-26-13-8-12(16(22)15(17(13)27-19)14-6-5-7-33-14)11-9-24-18(25-10-11)21(2,3)34-35(30,31)32;1-2;;;/h5-10,12-15,18-20,28H,4,11,16-17,21-22H2,1-3H3,(H3,37,40,41,42,43);8-10,14H,4-7H2,1-3H3,(H2,30,31,32)(H3,23,26,27,28,29);1-2H3;;;/q;;;2*+1;/p-2/t28-;14-;;;;/m11..../s1. The molecule has 4 aromatic heterocycles. The molecule has 2 aliphatic heterocycles. The van der Waals surface area contributed by atoms with Gasteiger partial charge in [-0.2, -0.15) is 0 Å². The van der Waals surface area contributed by atoms with Crippen molar-refractivity contribution in [3.05, 3.63) is 143 Å². The van der Waals surface area contributed by atoms with Crippen LogP contribution in [-0.4, -0.2) is 78.2 Å². The average Bonchev–Trinajstić information content (AvgIpc) is 1.74. The molecule has 6 N–H and O–H groups in total. The van der Waals surface area contributed by atoms with Crippen molar-refractivity contribution in [1.82, 2.24) is 50.5 Å². The first kappa shape index (κ1) is 74.9. The smallest absolute Gasteiger partial charge is 0.790 e. The van der Waals surface area contributed by atoms with Crippen LogP contribution in [-0.2, 0) is 82.2 Å². The van der Waals surface area contributed by atoms with E-state index >= 15 is 8.78 Å². The molecule has 2 fully saturated rings. The predicted octanol–water partition coefficient (Wildman–Crippen LogP) is 5.21. The summed E-state index contributed by atoms with van der Waals surface area (Å²) in [5.41, 5.74) is 1.91. The number of H-pyrrole nitrogens is 2. The van der Waals surface area contributed by atoms with Gasteiger partial charge >= 0.3 is 79.0 Å². The van der Waals surface area contributed by atoms with E-state index in [9.17, 15) is 28.5 Å². The number of nitrogens with zero attached hydrogens (tertiary/aromatic N) is 6. The fourth-order valence-electron chi connectivity index (χ4n) is 9.41. The number of carbonyl (C=O) groups is 2. The number of aromatic amines is 2. The Bertz CT molecular complexity index is 3670. The Hall–Kier alpha value is -4.79. The van der Waals surface area contributed by atoms with Crippen LogP contribution in [0.2, 0.25) is 0 Å². The first-order chi connectivity index (χ1) is 41.1. The van der Waals surface area contributed by atoms with Gasteiger partial charge < -0.3 is 49.0 Å². The van der Waals surface area contributed by atoms with Crippen molar-refractivity contribution >= 4 is 61.7 Å². The molecule has 31 heteroatoms. The van der Waals surface area contributed by atoms with E-state index in [-0.39, 0.29) is 134 Å². The number of imidazole rings is 2. The first-order valence-electron chi connectivity index (χ1n) is 28.0. The molecule has 0 bridgehead atoms. The number of aromatic nitrogens is 8. The minimum absolute atomic E-state index is 0. The number of hydrogen-bond acceptors (Lipinski definition) is 18. The number of benzene rings is 4. The normalized spacial score (nSPS) is 14.9. The summed E-state index contributed by atoms with van der Waals surface area (Å²) in [5.74, 6) is -0.656. The predicted molar refractivity (Wildman–Crippen MR) is 313 cm³/mol. The molecule has 24 nitrogen and oxygen atoms in total. The Morgan fingerprint density at radius 1 is 0.640 bits per heavy atom. The van der Waals surface area contributed by atoms with Gasteiger partial charge in [-0.1, -0.05) is 74.5 Å². The molecule has 4 aromatic carbocycles. The number of fused-ring (bicyclic) bond motifs is 2. The number of anilines is 2. The maximum Gasteiger partial charge on any atom is 1.00 e. The molecular formula is C58H68F2N12Na2O12P2W. The van der Waals surface area contributed by atoms with Gasteiger partial charge in [-0.3, -0.25) is 24.2 Å². The second kappa shape index (κ2) is 33.7. The molecule has 8 aromatic rings. The molecule has 89 heavy (non-hydrogen) atoms. The van der Waals surface area contributed by atoms with Crippen molar-refractivity contribution < 1.29 is 145 Å². The van der Waals surface area contributed by atoms with Crippen LogP contribution in [0.1, 0.15) is 127 Å². The minimum atomic E-state index is -5.29. The van der Waals surface area contributed by atoms with Crippen LogP contribution in [0.5, 0.6) is 0 Å². The fourth-order valence-corrected chi connectivity index (χ4v) is 11.5. The zero-order valence-corrected chi connectivity index (χ0v) is 59.8. The van der Waals surface area contributed by atoms with Crippen molar-refractivity contribution in [3.63, 3.8) is 0 Å². The zero-order valence-electron chi connectivity index (χ0n) is 51.1. The molecule has 0 aliphatic carbocycles. The van der Waals surface area contributed by atoms with E-state index in [1.807, 2.05) is 74.5 Å². The molecule has 464 valence electrons. The number of urea groups is 2. The number of halogens is 2. The van der Waals surface area contributed by atoms with Crippen LogP contribution in [0.3, 0.4) is 0 Å². The van der Waals surface area contributed by atoms with E-state index in [1.54, 1.807) is 33.8 Å². The van der Waals surface area contributed by atoms with Crippen LogP contribution in [0.25, 0.3) is 44.3 Å². The molecule has 0 unspecified atom stereocenters. The third kappa shape index (κ3) is 19.6. The number of phosphoric ester groups is 2. The van der Waals surface area contributed by atoms with Crippen LogP contribution in [0.4, 0.5) is 30.3 Å². The molecule has 4 amide bonds. The Morgan fingerprint density at radius 3 is 1.35 bits per heavy atom. The van der Waals surface area contributed by atoms with Crippen LogP contribution < -0.4 is 90.2 Å². The summed E-state index contributed by atoms with van der Waals surface area (Å²) in [4.78, 5) is 78.3. The summed E-state index contributed by atoms with van der Waals surface area (Å²) in [6.45, 7) is 15.4. The summed E-state index contributed by atoms with van der Waals surface area (Å²) in [6.07, 6.45) is 7.32. The second-order valence-corrected chi connectivity index (χ2v) is 23.1. The van der Waals surface area contributed by atoms with Gasteiger partial charge in [0, 0.05) is 106 Å². The molecule has 6 heterocycles. The van der Waals surface area contributed by atoms with E-state index in [2.05, 4.69) is 65.7 Å². The number of carbonyl (C=O) groups excluding carboxylic acids is 2. The van der Waals surface area contributed by atoms with Crippen LogP contribution in [0, 0.1) is 11.6 Å². The van der Waals surface area contributed by atoms with Gasteiger partial charge in [0.05, 0.1) is 55.3 Å². The van der Waals surface area contributed by atoms with Gasteiger partial charge in [0.1, 0.15) is 22.8 Å².